The van der Waals surface area contributed by atoms with Crippen LogP contribution in [0.3, 0.4) is 0 Å². The van der Waals surface area contributed by atoms with E-state index in [-0.39, 0.29) is 148 Å². The molecule has 12 rings (SSSR count). The van der Waals surface area contributed by atoms with Gasteiger partial charge in [0.05, 0.1) is 22.7 Å². The summed E-state index contributed by atoms with van der Waals surface area (Å²) in [6.07, 6.45) is 3.87. The van der Waals surface area contributed by atoms with Crippen LogP contribution in [0.2, 0.25) is 0 Å². The fourth-order valence-corrected chi connectivity index (χ4v) is 11.9. The molecule has 0 saturated heterocycles. The van der Waals surface area contributed by atoms with Gasteiger partial charge in [0.25, 0.3) is 0 Å². The predicted molar refractivity (Wildman–Crippen MR) is 563 cm³/mol. The number of hydrogen-bond donors (Lipinski definition) is 1. The van der Waals surface area contributed by atoms with E-state index >= 15 is 0 Å². The number of hydrogen-bond acceptors (Lipinski definition) is 13. The molecule has 0 heterocycles. The highest BCUT2D eigenvalue weighted by Gasteiger charge is 2.29. The van der Waals surface area contributed by atoms with E-state index in [2.05, 4.69) is 90.2 Å². The number of ether oxygens (including phenoxy) is 8. The summed E-state index contributed by atoms with van der Waals surface area (Å²) in [6, 6.07) is 107. The summed E-state index contributed by atoms with van der Waals surface area (Å²) in [6.45, 7) is 27.5. The van der Waals surface area contributed by atoms with Gasteiger partial charge >= 0.3 is 23.9 Å². The molecule has 0 aromatic heterocycles. The molecule has 12 aromatic rings. The van der Waals surface area contributed by atoms with Gasteiger partial charge in [-0.25, -0.2) is 0 Å². The summed E-state index contributed by atoms with van der Waals surface area (Å²) < 4.78 is 45.2. The number of nitrogens with one attached hydrogen (secondary N) is 1. The Hall–Kier alpha value is -12.8. The molecule has 1 N–H and O–H groups in total. The van der Waals surface area contributed by atoms with Crippen LogP contribution in [0.4, 0.5) is 5.69 Å². The highest BCUT2D eigenvalue weighted by Crippen LogP contribution is 2.42. The number of rotatable bonds is 34. The molecule has 14 heteroatoms. The van der Waals surface area contributed by atoms with Crippen molar-refractivity contribution in [3.63, 3.8) is 0 Å². The third-order valence-corrected chi connectivity index (χ3v) is 21.3. The van der Waals surface area contributed by atoms with Gasteiger partial charge in [-0.05, 0) is 129 Å². The summed E-state index contributed by atoms with van der Waals surface area (Å²) in [5.41, 5.74) is 14.6. The Labute approximate surface area is 797 Å². The van der Waals surface area contributed by atoms with Crippen LogP contribution in [0, 0.1) is 28.1 Å². The lowest BCUT2D eigenvalue weighted by molar-refractivity contribution is -0.155. The zero-order valence-corrected chi connectivity index (χ0v) is 73.3. The number of benzene rings is 12. The molecule has 0 saturated carbocycles. The quantitative estimate of drug-likeness (QED) is 0.0230. The lowest BCUT2D eigenvalue weighted by atomic mass is 9.89. The first-order valence-electron chi connectivity index (χ1n) is 42.4. The molecule has 0 spiro atoms. The van der Waals surface area contributed by atoms with Crippen molar-refractivity contribution in [3.8, 4) is 101 Å². The van der Waals surface area contributed by atoms with Crippen LogP contribution < -0.4 is 24.3 Å². The summed E-state index contributed by atoms with van der Waals surface area (Å²) in [5.74, 6) is 2.41. The highest BCUT2D eigenvalue weighted by atomic mass is 16.6. The van der Waals surface area contributed by atoms with Gasteiger partial charge in [-0.1, -0.05) is 434 Å². The second-order valence-electron chi connectivity index (χ2n) is 31.3. The first kappa shape index (κ1) is 123. The largest absolute Gasteiger partial charge is 0.489 e. The molecule has 12 aromatic carbocycles. The van der Waals surface area contributed by atoms with E-state index in [4.69, 9.17) is 37.9 Å². The predicted octanol–water partition coefficient (Wildman–Crippen LogP) is 32.5. The van der Waals surface area contributed by atoms with E-state index in [9.17, 15) is 24.0 Å². The average Bonchev–Trinajstić information content (AvgIpc) is 0.803. The molecule has 0 radical (unpaired) electrons. The minimum Gasteiger partial charge on any atom is -0.489 e. The van der Waals surface area contributed by atoms with Crippen molar-refractivity contribution < 1.29 is 61.9 Å². The van der Waals surface area contributed by atoms with Gasteiger partial charge in [0.15, 0.2) is 0 Å². The smallest absolute Gasteiger partial charge is 0.311 e. The molecule has 0 aliphatic rings. The number of amides is 1. The third kappa shape index (κ3) is 38.7. The molecule has 0 aliphatic heterocycles. The van der Waals surface area contributed by atoms with Gasteiger partial charge in [-0.3, -0.25) is 24.0 Å². The molecule has 132 heavy (non-hydrogen) atoms. The molecule has 2 unspecified atom stereocenters. The Balaban J connectivity index is -0.00000156. The number of anilines is 1. The van der Waals surface area contributed by atoms with Crippen molar-refractivity contribution in [1.82, 2.24) is 0 Å². The normalized spacial score (nSPS) is 10.5. The maximum Gasteiger partial charge on any atom is 0.311 e. The van der Waals surface area contributed by atoms with Gasteiger partial charge in [0.2, 0.25) is 5.91 Å². The van der Waals surface area contributed by atoms with E-state index in [1.807, 2.05) is 327 Å². The Morgan fingerprint density at radius 2 is 0.477 bits per heavy atom. The Morgan fingerprint density at radius 1 is 0.250 bits per heavy atom. The SMILES string of the molecule is C.C.C.C.C.C.C.C.C.C.CCC(C)(C)C(=O)Nc1ccc(-c2ccccc2)cc1.CCC(C)(C)C(=O)OCCOc1c(-c2ccccc2)cccc1-c1ccccc1.CCC(C)(C)C(=O)OCCOc1ccccc1-c1ccccc1.CCC(C)C(=O)OCCOc1c(-c2ccccc2)cccc1-c1ccccc1.CCC(C)C(=O)OCCOc1ccccc1-c1ccccc1. The molecule has 2 atom stereocenters. The van der Waals surface area contributed by atoms with Gasteiger partial charge in [-0.2, -0.15) is 0 Å². The average molecular weight is 1800 g/mol. The van der Waals surface area contributed by atoms with Crippen LogP contribution in [-0.2, 0) is 42.9 Å². The minimum absolute atomic E-state index is 0. The monoisotopic (exact) mass is 1800 g/mol. The summed E-state index contributed by atoms with van der Waals surface area (Å²) >= 11 is 0. The Morgan fingerprint density at radius 3 is 0.750 bits per heavy atom. The van der Waals surface area contributed by atoms with E-state index in [0.717, 1.165) is 133 Å². The second kappa shape index (κ2) is 64.9. The summed E-state index contributed by atoms with van der Waals surface area (Å²) in [5, 5.41) is 2.97. The lowest BCUT2D eigenvalue weighted by Gasteiger charge is -2.21. The van der Waals surface area contributed by atoms with E-state index in [1.165, 1.54) is 5.56 Å². The lowest BCUT2D eigenvalue weighted by Crippen LogP contribution is -2.29. The molecule has 14 nitrogen and oxygen atoms in total. The third-order valence-electron chi connectivity index (χ3n) is 21.3. The minimum atomic E-state index is -0.475. The number of carbonyl (C=O) groups is 5. The van der Waals surface area contributed by atoms with E-state index < -0.39 is 10.8 Å². The summed E-state index contributed by atoms with van der Waals surface area (Å²) in [4.78, 5) is 59.7. The van der Waals surface area contributed by atoms with Crippen LogP contribution in [0.15, 0.2) is 322 Å². The van der Waals surface area contributed by atoms with Crippen LogP contribution in [0.1, 0.15) is 196 Å². The van der Waals surface area contributed by atoms with Gasteiger partial charge < -0.3 is 43.2 Å². The zero-order valence-electron chi connectivity index (χ0n) is 73.3. The van der Waals surface area contributed by atoms with E-state index in [0.29, 0.717) is 26.4 Å². The van der Waals surface area contributed by atoms with Crippen molar-refractivity contribution in [2.24, 2.45) is 28.1 Å². The molecule has 0 bridgehead atoms. The molecule has 716 valence electrons. The van der Waals surface area contributed by atoms with Crippen LogP contribution in [0.25, 0.3) is 77.9 Å². The molecule has 1 amide bonds. The standard InChI is InChI=1S/C26H28O3.C25H26O3.C20H24O3.C19H22O3.C18H21NO.10CH4/c1-4-26(2,3)25(27)29-19-18-28-24-22(20-12-7-5-8-13-20)16-11-17-23(24)21-14-9-6-10-15-21;1-3-19(2)25(26)28-18-17-27-24-22(20-11-6-4-7-12-20)15-10-16-23(24)21-13-8-5-9-14-21;1-4-20(2,3)19(21)23-15-14-22-18-13-9-8-12-17(18)16-10-6-5-7-11-16;1-3-15(2)19(20)22-14-13-21-18-12-8-7-11-17(18)16-9-5-4-6-10-16;1-4-18(2,3)17(20)19-16-12-10-15(11-13-16)14-8-6-5-7-9-14;;;;;;;;;;/h5-17H,4,18-19H2,1-3H3;4-16,19H,3,17-18H2,1-2H3;5-13H,4,14-15H2,1-3H3;4-12,15H,3,13-14H2,1-2H3;5-13H,4H2,1-3H3,(H,19,20);10*1H4. The Kier molecular flexibility index (Phi) is 60.6. The molecule has 0 aliphatic carbocycles. The van der Waals surface area contributed by atoms with Gasteiger partial charge in [-0.15, -0.1) is 0 Å². The molecular weight excluding hydrogens is 1640 g/mol. The fourth-order valence-electron chi connectivity index (χ4n) is 11.9. The highest BCUT2D eigenvalue weighted by molar-refractivity contribution is 5.95. The van der Waals surface area contributed by atoms with E-state index in [1.54, 1.807) is 0 Å². The van der Waals surface area contributed by atoms with Gasteiger partial charge in [0.1, 0.15) is 75.9 Å². The van der Waals surface area contributed by atoms with Crippen molar-refractivity contribution in [2.45, 2.75) is 196 Å². The number of para-hydroxylation sites is 4. The Bertz CT molecular complexity index is 4990. The van der Waals surface area contributed by atoms with Crippen LogP contribution in [0.5, 0.6) is 23.0 Å². The molecule has 0 fully saturated rings. The van der Waals surface area contributed by atoms with Crippen molar-refractivity contribution in [2.75, 3.05) is 58.2 Å². The second-order valence-corrected chi connectivity index (χ2v) is 31.3. The summed E-state index contributed by atoms with van der Waals surface area (Å²) in [7, 11) is 0. The maximum absolute atomic E-state index is 12.2. The number of carbonyl (C=O) groups excluding carboxylic acids is 5. The first-order chi connectivity index (χ1) is 59.0. The van der Waals surface area contributed by atoms with Crippen LogP contribution >= 0.6 is 0 Å². The van der Waals surface area contributed by atoms with Crippen molar-refractivity contribution in [1.29, 1.82) is 0 Å². The van der Waals surface area contributed by atoms with Gasteiger partial charge in [0, 0.05) is 44.5 Å². The molecular formula is C118H161NO13. The maximum atomic E-state index is 12.2. The zero-order chi connectivity index (χ0) is 87.5. The number of esters is 4. The topological polar surface area (TPSA) is 171 Å². The van der Waals surface area contributed by atoms with Crippen LogP contribution in [-0.4, -0.2) is 82.6 Å². The first-order valence-corrected chi connectivity index (χ1v) is 42.4. The van der Waals surface area contributed by atoms with Crippen molar-refractivity contribution >= 4 is 35.5 Å². The van der Waals surface area contributed by atoms with Crippen molar-refractivity contribution in [3.05, 3.63) is 322 Å². The fraction of sp³-hybridized carbons (Fsp3) is 0.347.